The van der Waals surface area contributed by atoms with Crippen LogP contribution in [0.4, 0.5) is 5.82 Å². The van der Waals surface area contributed by atoms with Crippen LogP contribution >= 0.6 is 0 Å². The monoisotopic (exact) mass is 329 g/mol. The number of nitriles is 1. The highest BCUT2D eigenvalue weighted by atomic mass is 15.1. The maximum Gasteiger partial charge on any atom is 0.223 e. The zero-order valence-electron chi connectivity index (χ0n) is 13.5. The molecule has 0 atom stereocenters. The van der Waals surface area contributed by atoms with Crippen LogP contribution in [0.2, 0.25) is 0 Å². The molecule has 3 rings (SSSR count). The van der Waals surface area contributed by atoms with Gasteiger partial charge in [0.1, 0.15) is 0 Å². The third kappa shape index (κ3) is 3.43. The second kappa shape index (κ2) is 6.76. The molecule has 0 spiro atoms. The zero-order chi connectivity index (χ0) is 17.8. The first kappa shape index (κ1) is 16.1. The molecule has 2 aromatic carbocycles. The second-order valence-electron chi connectivity index (χ2n) is 5.27. The second-order valence-corrected chi connectivity index (χ2v) is 5.27. The fourth-order valence-electron chi connectivity index (χ4n) is 2.36. The number of rotatable bonds is 2. The van der Waals surface area contributed by atoms with E-state index >= 15 is 0 Å². The summed E-state index contributed by atoms with van der Waals surface area (Å²) in [5.41, 5.74) is 13.2. The van der Waals surface area contributed by atoms with Crippen LogP contribution in [-0.4, -0.2) is 21.8 Å². The van der Waals surface area contributed by atoms with Crippen molar-refractivity contribution in [3.8, 4) is 17.5 Å². The number of aliphatic imine (C=N–C) groups is 2. The van der Waals surface area contributed by atoms with Crippen molar-refractivity contribution in [3.05, 3.63) is 54.1 Å². The SMILES string of the molecule is C/C(N)=N/C(N)=Nc1nc(-c2ccccc2C#N)nc2ccccc12. The molecule has 0 unspecified atom stereocenters. The normalized spacial score (nSPS) is 12.2. The van der Waals surface area contributed by atoms with E-state index in [-0.39, 0.29) is 5.96 Å². The van der Waals surface area contributed by atoms with E-state index in [2.05, 4.69) is 26.0 Å². The number of para-hydroxylation sites is 1. The van der Waals surface area contributed by atoms with E-state index in [0.717, 1.165) is 5.39 Å². The molecule has 0 bridgehead atoms. The third-order valence-corrected chi connectivity index (χ3v) is 3.38. The van der Waals surface area contributed by atoms with Gasteiger partial charge >= 0.3 is 0 Å². The Hall–Kier alpha value is -3.79. The molecule has 122 valence electrons. The van der Waals surface area contributed by atoms with Gasteiger partial charge in [-0.25, -0.2) is 15.0 Å². The lowest BCUT2D eigenvalue weighted by atomic mass is 10.1. The first-order valence-electron chi connectivity index (χ1n) is 7.49. The van der Waals surface area contributed by atoms with E-state index in [1.807, 2.05) is 30.3 Å². The molecule has 0 saturated carbocycles. The van der Waals surface area contributed by atoms with Gasteiger partial charge in [0.2, 0.25) is 5.96 Å². The van der Waals surface area contributed by atoms with Crippen LogP contribution in [0.15, 0.2) is 58.5 Å². The molecule has 1 aromatic heterocycles. The van der Waals surface area contributed by atoms with Crippen molar-refractivity contribution in [2.24, 2.45) is 21.5 Å². The molecule has 4 N–H and O–H groups in total. The Balaban J connectivity index is 2.27. The van der Waals surface area contributed by atoms with Crippen LogP contribution in [0.1, 0.15) is 12.5 Å². The Morgan fingerprint density at radius 1 is 1.04 bits per heavy atom. The number of guanidine groups is 1. The summed E-state index contributed by atoms with van der Waals surface area (Å²) < 4.78 is 0. The van der Waals surface area contributed by atoms with Crippen LogP contribution < -0.4 is 11.5 Å². The van der Waals surface area contributed by atoms with Gasteiger partial charge in [-0.2, -0.15) is 10.3 Å². The van der Waals surface area contributed by atoms with Gasteiger partial charge in [0.15, 0.2) is 11.6 Å². The smallest absolute Gasteiger partial charge is 0.223 e. The Morgan fingerprint density at radius 2 is 1.76 bits per heavy atom. The van der Waals surface area contributed by atoms with Crippen molar-refractivity contribution in [2.75, 3.05) is 0 Å². The quantitative estimate of drug-likeness (QED) is 0.551. The molecular weight excluding hydrogens is 314 g/mol. The van der Waals surface area contributed by atoms with Gasteiger partial charge in [-0.15, -0.1) is 0 Å². The highest BCUT2D eigenvalue weighted by molar-refractivity contribution is 5.97. The molecule has 25 heavy (non-hydrogen) atoms. The molecule has 0 aliphatic heterocycles. The fraction of sp³-hybridized carbons (Fsp3) is 0.0556. The van der Waals surface area contributed by atoms with Gasteiger partial charge in [0.25, 0.3) is 0 Å². The number of aromatic nitrogens is 2. The van der Waals surface area contributed by atoms with E-state index in [1.54, 1.807) is 25.1 Å². The number of amidine groups is 1. The number of hydrogen-bond donors (Lipinski definition) is 2. The Kier molecular flexibility index (Phi) is 4.35. The van der Waals surface area contributed by atoms with Crippen molar-refractivity contribution in [1.82, 2.24) is 9.97 Å². The van der Waals surface area contributed by atoms with Gasteiger partial charge in [0, 0.05) is 10.9 Å². The van der Waals surface area contributed by atoms with Crippen LogP contribution in [0, 0.1) is 11.3 Å². The zero-order valence-corrected chi connectivity index (χ0v) is 13.5. The van der Waals surface area contributed by atoms with Gasteiger partial charge in [-0.3, -0.25) is 0 Å². The highest BCUT2D eigenvalue weighted by Gasteiger charge is 2.12. The first-order chi connectivity index (χ1) is 12.1. The molecule has 0 aliphatic rings. The van der Waals surface area contributed by atoms with Crippen LogP contribution in [0.5, 0.6) is 0 Å². The van der Waals surface area contributed by atoms with E-state index in [4.69, 9.17) is 11.5 Å². The number of benzene rings is 2. The largest absolute Gasteiger partial charge is 0.387 e. The van der Waals surface area contributed by atoms with Crippen molar-refractivity contribution in [1.29, 1.82) is 5.26 Å². The standard InChI is InChI=1S/C18H15N7/c1-11(20)22-18(21)25-17-14-8-4-5-9-15(14)23-16(24-17)13-7-3-2-6-12(13)10-19/h2-9H,1H3,(H4,20,21,22,23,24,25). The van der Waals surface area contributed by atoms with Crippen molar-refractivity contribution >= 4 is 28.5 Å². The lowest BCUT2D eigenvalue weighted by molar-refractivity contribution is 1.19. The van der Waals surface area contributed by atoms with Crippen molar-refractivity contribution in [2.45, 2.75) is 6.92 Å². The van der Waals surface area contributed by atoms with Gasteiger partial charge in [-0.1, -0.05) is 24.3 Å². The number of nitrogens with two attached hydrogens (primary N) is 2. The Morgan fingerprint density at radius 3 is 2.52 bits per heavy atom. The summed E-state index contributed by atoms with van der Waals surface area (Å²) in [5.74, 6) is 1.07. The Bertz CT molecular complexity index is 1040. The number of nitrogens with zero attached hydrogens (tertiary/aromatic N) is 5. The summed E-state index contributed by atoms with van der Waals surface area (Å²) in [6.07, 6.45) is 0. The predicted octanol–water partition coefficient (Wildman–Crippen LogP) is 2.49. The van der Waals surface area contributed by atoms with E-state index in [9.17, 15) is 5.26 Å². The van der Waals surface area contributed by atoms with Crippen LogP contribution in [-0.2, 0) is 0 Å². The maximum atomic E-state index is 9.32. The van der Waals surface area contributed by atoms with E-state index in [0.29, 0.717) is 34.1 Å². The Labute approximate surface area is 144 Å². The minimum absolute atomic E-state index is 0.00312. The van der Waals surface area contributed by atoms with Crippen LogP contribution in [0.3, 0.4) is 0 Å². The molecule has 3 aromatic rings. The average Bonchev–Trinajstić information content (AvgIpc) is 2.60. The summed E-state index contributed by atoms with van der Waals surface area (Å²) in [4.78, 5) is 17.2. The van der Waals surface area contributed by atoms with Crippen LogP contribution in [0.25, 0.3) is 22.3 Å². The van der Waals surface area contributed by atoms with Gasteiger partial charge < -0.3 is 11.5 Å². The summed E-state index contributed by atoms with van der Waals surface area (Å²) in [6, 6.07) is 16.7. The van der Waals surface area contributed by atoms with E-state index in [1.165, 1.54) is 0 Å². The highest BCUT2D eigenvalue weighted by Crippen LogP contribution is 2.28. The van der Waals surface area contributed by atoms with Crippen molar-refractivity contribution < 1.29 is 0 Å². The minimum Gasteiger partial charge on any atom is -0.387 e. The summed E-state index contributed by atoms with van der Waals surface area (Å²) in [7, 11) is 0. The summed E-state index contributed by atoms with van der Waals surface area (Å²) >= 11 is 0. The number of fused-ring (bicyclic) bond motifs is 1. The third-order valence-electron chi connectivity index (χ3n) is 3.38. The molecule has 0 fully saturated rings. The van der Waals surface area contributed by atoms with Crippen molar-refractivity contribution in [3.63, 3.8) is 0 Å². The lowest BCUT2D eigenvalue weighted by Crippen LogP contribution is -2.15. The summed E-state index contributed by atoms with van der Waals surface area (Å²) in [5, 5.41) is 10.1. The molecule has 7 nitrogen and oxygen atoms in total. The first-order valence-corrected chi connectivity index (χ1v) is 7.49. The summed E-state index contributed by atoms with van der Waals surface area (Å²) in [6.45, 7) is 1.62. The molecule has 7 heteroatoms. The minimum atomic E-state index is 0.00312. The molecule has 0 radical (unpaired) electrons. The predicted molar refractivity (Wildman–Crippen MR) is 98.3 cm³/mol. The van der Waals surface area contributed by atoms with Gasteiger partial charge in [-0.05, 0) is 31.2 Å². The maximum absolute atomic E-state index is 9.32. The molecule has 0 saturated heterocycles. The fourth-order valence-corrected chi connectivity index (χ4v) is 2.36. The molecular formula is C18H15N7. The van der Waals surface area contributed by atoms with Gasteiger partial charge in [0.05, 0.1) is 23.0 Å². The lowest BCUT2D eigenvalue weighted by Gasteiger charge is -2.07. The molecule has 0 amide bonds. The number of hydrogen-bond acceptors (Lipinski definition) is 4. The molecule has 1 heterocycles. The van der Waals surface area contributed by atoms with E-state index < -0.39 is 0 Å². The molecule has 0 aliphatic carbocycles. The topological polar surface area (TPSA) is 126 Å². The average molecular weight is 329 g/mol.